The average Bonchev–Trinajstić information content (AvgIpc) is 3.09. The van der Waals surface area contributed by atoms with Gasteiger partial charge in [-0.15, -0.1) is 0 Å². The van der Waals surface area contributed by atoms with Crippen LogP contribution >= 0.6 is 0 Å². The molecule has 0 bridgehead atoms. The number of hydrogen-bond donors (Lipinski definition) is 4. The summed E-state index contributed by atoms with van der Waals surface area (Å²) >= 11 is 0. The second-order valence-corrected chi connectivity index (χ2v) is 6.43. The van der Waals surface area contributed by atoms with E-state index >= 15 is 0 Å². The van der Waals surface area contributed by atoms with E-state index < -0.39 is 6.03 Å². The standard InChI is InChI=1S/C21H20N6O/c22-12-13-4-1-6-15(10-13)27(21(24)28)16-7-2-5-14(11-16)17-8-3-9-18-19(17)20(23)26-25-18/h1-11H,12,22H2,(H2,24,28)(H3,23,25,26). The molecule has 0 saturated heterocycles. The van der Waals surface area contributed by atoms with Gasteiger partial charge in [0.05, 0.1) is 22.3 Å². The molecule has 4 rings (SSSR count). The van der Waals surface area contributed by atoms with Crippen molar-refractivity contribution in [3.8, 4) is 11.1 Å². The maximum atomic E-state index is 12.3. The minimum absolute atomic E-state index is 0.377. The molecule has 1 heterocycles. The molecule has 7 N–H and O–H groups in total. The molecule has 0 unspecified atom stereocenters. The Labute approximate surface area is 161 Å². The number of nitrogens with one attached hydrogen (secondary N) is 1. The van der Waals surface area contributed by atoms with Gasteiger partial charge < -0.3 is 17.2 Å². The van der Waals surface area contributed by atoms with Crippen molar-refractivity contribution in [2.75, 3.05) is 10.6 Å². The summed E-state index contributed by atoms with van der Waals surface area (Å²) < 4.78 is 0. The van der Waals surface area contributed by atoms with Crippen molar-refractivity contribution in [3.63, 3.8) is 0 Å². The number of carbonyl (C=O) groups excluding carboxylic acids is 1. The van der Waals surface area contributed by atoms with E-state index in [1.165, 1.54) is 4.90 Å². The summed E-state index contributed by atoms with van der Waals surface area (Å²) in [5.74, 6) is 0.429. The quantitative estimate of drug-likeness (QED) is 0.437. The van der Waals surface area contributed by atoms with Gasteiger partial charge in [-0.05, 0) is 47.0 Å². The molecular weight excluding hydrogens is 352 g/mol. The third kappa shape index (κ3) is 3.04. The Kier molecular flexibility index (Phi) is 4.42. The van der Waals surface area contributed by atoms with Crippen LogP contribution in [0.15, 0.2) is 66.7 Å². The van der Waals surface area contributed by atoms with Gasteiger partial charge in [-0.3, -0.25) is 10.00 Å². The van der Waals surface area contributed by atoms with Crippen molar-refractivity contribution >= 4 is 34.1 Å². The van der Waals surface area contributed by atoms with Crippen LogP contribution in [-0.4, -0.2) is 16.2 Å². The zero-order chi connectivity index (χ0) is 19.7. The summed E-state index contributed by atoms with van der Waals surface area (Å²) in [5, 5.41) is 7.85. The molecule has 0 atom stereocenters. The molecule has 0 aliphatic carbocycles. The number of fused-ring (bicyclic) bond motifs is 1. The van der Waals surface area contributed by atoms with Crippen LogP contribution in [0, 0.1) is 0 Å². The molecule has 0 aliphatic heterocycles. The molecule has 140 valence electrons. The van der Waals surface area contributed by atoms with Crippen LogP contribution in [0.2, 0.25) is 0 Å². The lowest BCUT2D eigenvalue weighted by molar-refractivity contribution is 0.256. The number of carbonyl (C=O) groups is 1. The highest BCUT2D eigenvalue weighted by Crippen LogP contribution is 2.34. The number of aromatic nitrogens is 2. The van der Waals surface area contributed by atoms with E-state index in [0.29, 0.717) is 23.7 Å². The Bertz CT molecular complexity index is 1170. The number of rotatable bonds is 4. The van der Waals surface area contributed by atoms with Crippen molar-refractivity contribution < 1.29 is 4.79 Å². The molecule has 0 saturated carbocycles. The predicted octanol–water partition coefficient (Wildman–Crippen LogP) is 3.49. The molecule has 7 nitrogen and oxygen atoms in total. The van der Waals surface area contributed by atoms with E-state index in [2.05, 4.69) is 10.2 Å². The summed E-state index contributed by atoms with van der Waals surface area (Å²) in [6.07, 6.45) is 0. The molecule has 28 heavy (non-hydrogen) atoms. The number of benzene rings is 3. The summed E-state index contributed by atoms with van der Waals surface area (Å²) in [6, 6.07) is 20.2. The summed E-state index contributed by atoms with van der Waals surface area (Å²) in [7, 11) is 0. The van der Waals surface area contributed by atoms with Gasteiger partial charge in [-0.1, -0.05) is 36.4 Å². The Morgan fingerprint density at radius 3 is 2.46 bits per heavy atom. The molecule has 7 heteroatoms. The Balaban J connectivity index is 1.84. The van der Waals surface area contributed by atoms with Gasteiger partial charge in [-0.25, -0.2) is 4.79 Å². The van der Waals surface area contributed by atoms with Crippen molar-refractivity contribution in [1.82, 2.24) is 10.2 Å². The topological polar surface area (TPSA) is 127 Å². The number of H-pyrrole nitrogens is 1. The lowest BCUT2D eigenvalue weighted by Gasteiger charge is -2.22. The van der Waals surface area contributed by atoms with Gasteiger partial charge in [0.25, 0.3) is 0 Å². The van der Waals surface area contributed by atoms with Gasteiger partial charge in [0.2, 0.25) is 0 Å². The van der Waals surface area contributed by atoms with Crippen molar-refractivity contribution in [1.29, 1.82) is 0 Å². The van der Waals surface area contributed by atoms with E-state index in [0.717, 1.165) is 27.6 Å². The molecule has 0 aliphatic rings. The number of nitrogens with zero attached hydrogens (tertiary/aromatic N) is 2. The van der Waals surface area contributed by atoms with E-state index in [-0.39, 0.29) is 0 Å². The molecular formula is C21H20N6O. The largest absolute Gasteiger partial charge is 0.382 e. The first kappa shape index (κ1) is 17.6. The highest BCUT2D eigenvalue weighted by atomic mass is 16.2. The van der Waals surface area contributed by atoms with Crippen LogP contribution in [0.1, 0.15) is 5.56 Å². The number of nitrogen functional groups attached to an aromatic ring is 1. The Hall–Kier alpha value is -3.84. The number of urea groups is 1. The van der Waals surface area contributed by atoms with Crippen molar-refractivity contribution in [2.45, 2.75) is 6.54 Å². The second-order valence-electron chi connectivity index (χ2n) is 6.43. The van der Waals surface area contributed by atoms with Crippen LogP contribution < -0.4 is 22.1 Å². The van der Waals surface area contributed by atoms with E-state index in [1.54, 1.807) is 0 Å². The fraction of sp³-hybridized carbons (Fsp3) is 0.0476. The molecule has 4 aromatic rings. The molecule has 0 fully saturated rings. The first-order valence-corrected chi connectivity index (χ1v) is 8.80. The number of amides is 2. The van der Waals surface area contributed by atoms with Gasteiger partial charge in [0, 0.05) is 6.54 Å². The molecule has 3 aromatic carbocycles. The van der Waals surface area contributed by atoms with Crippen LogP contribution in [-0.2, 0) is 6.54 Å². The second kappa shape index (κ2) is 7.05. The Morgan fingerprint density at radius 1 is 1.00 bits per heavy atom. The predicted molar refractivity (Wildman–Crippen MR) is 112 cm³/mol. The number of anilines is 3. The number of primary amides is 1. The minimum Gasteiger partial charge on any atom is -0.382 e. The van der Waals surface area contributed by atoms with Gasteiger partial charge in [-0.2, -0.15) is 5.10 Å². The van der Waals surface area contributed by atoms with Crippen LogP contribution in [0.25, 0.3) is 22.0 Å². The SMILES string of the molecule is NCc1cccc(N(C(N)=O)c2cccc(-c3cccc4[nH]nc(N)c34)c2)c1. The number of hydrogen-bond acceptors (Lipinski definition) is 4. The maximum Gasteiger partial charge on any atom is 0.323 e. The van der Waals surface area contributed by atoms with Crippen LogP contribution in [0.5, 0.6) is 0 Å². The molecule has 0 spiro atoms. The highest BCUT2D eigenvalue weighted by Gasteiger charge is 2.17. The summed E-state index contributed by atoms with van der Waals surface area (Å²) in [5.41, 5.74) is 22.4. The molecule has 1 aromatic heterocycles. The third-order valence-electron chi connectivity index (χ3n) is 4.66. The van der Waals surface area contributed by atoms with Crippen LogP contribution in [0.4, 0.5) is 22.0 Å². The fourth-order valence-corrected chi connectivity index (χ4v) is 3.38. The third-order valence-corrected chi connectivity index (χ3v) is 4.66. The van der Waals surface area contributed by atoms with Gasteiger partial charge in [0.1, 0.15) is 0 Å². The zero-order valence-corrected chi connectivity index (χ0v) is 15.1. The first-order chi connectivity index (χ1) is 13.6. The van der Waals surface area contributed by atoms with Crippen molar-refractivity contribution in [3.05, 3.63) is 72.3 Å². The lowest BCUT2D eigenvalue weighted by Crippen LogP contribution is -2.31. The zero-order valence-electron chi connectivity index (χ0n) is 15.1. The lowest BCUT2D eigenvalue weighted by atomic mass is 10.0. The summed E-state index contributed by atoms with van der Waals surface area (Å²) in [6.45, 7) is 0.377. The first-order valence-electron chi connectivity index (χ1n) is 8.80. The average molecular weight is 372 g/mol. The van der Waals surface area contributed by atoms with Crippen molar-refractivity contribution in [2.24, 2.45) is 11.5 Å². The van der Waals surface area contributed by atoms with E-state index in [9.17, 15) is 4.79 Å². The van der Waals surface area contributed by atoms with E-state index in [4.69, 9.17) is 17.2 Å². The molecule has 0 radical (unpaired) electrons. The molecule has 2 amide bonds. The highest BCUT2D eigenvalue weighted by molar-refractivity contribution is 6.03. The smallest absolute Gasteiger partial charge is 0.323 e. The van der Waals surface area contributed by atoms with E-state index in [1.807, 2.05) is 66.7 Å². The fourth-order valence-electron chi connectivity index (χ4n) is 3.38. The summed E-state index contributed by atoms with van der Waals surface area (Å²) in [4.78, 5) is 13.7. The maximum absolute atomic E-state index is 12.3. The minimum atomic E-state index is -0.577. The van der Waals surface area contributed by atoms with Gasteiger partial charge >= 0.3 is 6.03 Å². The Morgan fingerprint density at radius 2 is 1.71 bits per heavy atom. The normalized spacial score (nSPS) is 10.9. The monoisotopic (exact) mass is 372 g/mol. The number of nitrogens with two attached hydrogens (primary N) is 3. The van der Waals surface area contributed by atoms with Gasteiger partial charge in [0.15, 0.2) is 5.82 Å². The number of aromatic amines is 1. The van der Waals surface area contributed by atoms with Crippen LogP contribution in [0.3, 0.4) is 0 Å².